The number of aromatic nitrogens is 1. The van der Waals surface area contributed by atoms with Crippen molar-refractivity contribution in [2.75, 3.05) is 33.2 Å². The molecule has 0 radical (unpaired) electrons. The van der Waals surface area contributed by atoms with Crippen molar-refractivity contribution in [3.63, 3.8) is 0 Å². The molecular weight excluding hydrogens is 465 g/mol. The van der Waals surface area contributed by atoms with Crippen LogP contribution in [0.4, 0.5) is 0 Å². The van der Waals surface area contributed by atoms with Crippen LogP contribution in [-0.2, 0) is 19.5 Å². The van der Waals surface area contributed by atoms with Gasteiger partial charge in [-0.3, -0.25) is 9.89 Å². The predicted molar refractivity (Wildman–Crippen MR) is 118 cm³/mol. The summed E-state index contributed by atoms with van der Waals surface area (Å²) in [7, 11) is 1.86. The zero-order valence-electron chi connectivity index (χ0n) is 14.8. The van der Waals surface area contributed by atoms with E-state index >= 15 is 0 Å². The molecule has 138 valence electrons. The molecule has 0 unspecified atom stereocenters. The molecule has 3 heterocycles. The molecular formula is C17H26IN5S2. The number of hydrogen-bond acceptors (Lipinski definition) is 5. The highest BCUT2D eigenvalue weighted by Gasteiger charge is 2.19. The molecule has 0 aliphatic carbocycles. The average Bonchev–Trinajstić information content (AvgIpc) is 3.28. The molecule has 1 fully saturated rings. The molecule has 0 spiro atoms. The standard InChI is InChI=1S/C17H25N5S2.HI/c1-3-16-20-14(13-24-16)11-19-17(18-2)22-8-6-21(7-9-22)12-15-5-4-10-23-15;/h4-5,10,13H,3,6-9,11-12H2,1-2H3,(H,18,19);1H. The van der Waals surface area contributed by atoms with E-state index in [-0.39, 0.29) is 24.0 Å². The summed E-state index contributed by atoms with van der Waals surface area (Å²) in [6.45, 7) is 8.15. The largest absolute Gasteiger partial charge is 0.351 e. The molecule has 25 heavy (non-hydrogen) atoms. The van der Waals surface area contributed by atoms with Crippen molar-refractivity contribution in [1.29, 1.82) is 0 Å². The fourth-order valence-electron chi connectivity index (χ4n) is 2.84. The fourth-order valence-corrected chi connectivity index (χ4v) is 4.33. The first-order valence-electron chi connectivity index (χ1n) is 8.42. The van der Waals surface area contributed by atoms with E-state index in [2.05, 4.69) is 54.9 Å². The lowest BCUT2D eigenvalue weighted by Crippen LogP contribution is -2.52. The van der Waals surface area contributed by atoms with Gasteiger partial charge in [0.2, 0.25) is 0 Å². The van der Waals surface area contributed by atoms with Gasteiger partial charge in [-0.25, -0.2) is 4.98 Å². The Morgan fingerprint density at radius 3 is 2.68 bits per heavy atom. The molecule has 1 N–H and O–H groups in total. The van der Waals surface area contributed by atoms with Crippen LogP contribution in [-0.4, -0.2) is 54.0 Å². The second-order valence-electron chi connectivity index (χ2n) is 5.83. The summed E-state index contributed by atoms with van der Waals surface area (Å²) < 4.78 is 0. The molecule has 0 bridgehead atoms. The number of thiazole rings is 1. The molecule has 2 aromatic rings. The van der Waals surface area contributed by atoms with E-state index in [1.807, 2.05) is 18.4 Å². The Morgan fingerprint density at radius 2 is 2.08 bits per heavy atom. The number of rotatable bonds is 5. The van der Waals surface area contributed by atoms with Gasteiger partial charge >= 0.3 is 0 Å². The second-order valence-corrected chi connectivity index (χ2v) is 7.80. The van der Waals surface area contributed by atoms with Crippen LogP contribution in [0.15, 0.2) is 27.9 Å². The third-order valence-corrected chi connectivity index (χ3v) is 6.08. The van der Waals surface area contributed by atoms with Gasteiger partial charge in [0.15, 0.2) is 5.96 Å². The summed E-state index contributed by atoms with van der Waals surface area (Å²) in [6.07, 6.45) is 1.01. The molecule has 0 saturated carbocycles. The Hall–Kier alpha value is -0.710. The Kier molecular flexibility index (Phi) is 8.60. The van der Waals surface area contributed by atoms with Crippen LogP contribution in [0.5, 0.6) is 0 Å². The Bertz CT molecular complexity index is 648. The lowest BCUT2D eigenvalue weighted by atomic mass is 10.3. The summed E-state index contributed by atoms with van der Waals surface area (Å²) in [4.78, 5) is 15.4. The molecule has 1 aliphatic heterocycles. The number of guanidine groups is 1. The monoisotopic (exact) mass is 491 g/mol. The van der Waals surface area contributed by atoms with Crippen molar-refractivity contribution in [2.45, 2.75) is 26.4 Å². The Balaban J connectivity index is 0.00000225. The zero-order valence-corrected chi connectivity index (χ0v) is 18.7. The summed E-state index contributed by atoms with van der Waals surface area (Å²) in [5.41, 5.74) is 1.11. The quantitative estimate of drug-likeness (QED) is 0.396. The van der Waals surface area contributed by atoms with Crippen LogP contribution < -0.4 is 5.32 Å². The maximum Gasteiger partial charge on any atom is 0.194 e. The first kappa shape index (κ1) is 20.6. The van der Waals surface area contributed by atoms with Gasteiger partial charge in [0, 0.05) is 50.0 Å². The third kappa shape index (κ3) is 5.90. The van der Waals surface area contributed by atoms with E-state index in [4.69, 9.17) is 0 Å². The molecule has 8 heteroatoms. The van der Waals surface area contributed by atoms with Crippen molar-refractivity contribution in [3.8, 4) is 0 Å². The summed E-state index contributed by atoms with van der Waals surface area (Å²) in [5.74, 6) is 0.983. The molecule has 0 amide bonds. The molecule has 1 saturated heterocycles. The highest BCUT2D eigenvalue weighted by Crippen LogP contribution is 2.14. The van der Waals surface area contributed by atoms with Crippen LogP contribution in [0.1, 0.15) is 22.5 Å². The molecule has 1 aliphatic rings. The van der Waals surface area contributed by atoms with Crippen molar-refractivity contribution in [3.05, 3.63) is 38.5 Å². The fraction of sp³-hybridized carbons (Fsp3) is 0.529. The molecule has 5 nitrogen and oxygen atoms in total. The third-order valence-electron chi connectivity index (χ3n) is 4.17. The lowest BCUT2D eigenvalue weighted by molar-refractivity contribution is 0.173. The number of nitrogens with zero attached hydrogens (tertiary/aromatic N) is 4. The van der Waals surface area contributed by atoms with Crippen molar-refractivity contribution in [2.24, 2.45) is 4.99 Å². The van der Waals surface area contributed by atoms with Crippen LogP contribution in [0.2, 0.25) is 0 Å². The molecule has 0 atom stereocenters. The van der Waals surface area contributed by atoms with Crippen molar-refractivity contribution < 1.29 is 0 Å². The average molecular weight is 491 g/mol. The van der Waals surface area contributed by atoms with E-state index in [1.54, 1.807) is 11.3 Å². The number of hydrogen-bond donors (Lipinski definition) is 1. The van der Waals surface area contributed by atoms with E-state index in [0.29, 0.717) is 0 Å². The smallest absolute Gasteiger partial charge is 0.194 e. The first-order valence-corrected chi connectivity index (χ1v) is 10.2. The van der Waals surface area contributed by atoms with Gasteiger partial charge in [-0.05, 0) is 17.9 Å². The lowest BCUT2D eigenvalue weighted by Gasteiger charge is -2.36. The number of aliphatic imine (C=N–C) groups is 1. The maximum absolute atomic E-state index is 4.61. The van der Waals surface area contributed by atoms with Gasteiger partial charge in [0.25, 0.3) is 0 Å². The number of thiophene rings is 1. The highest BCUT2D eigenvalue weighted by atomic mass is 127. The zero-order chi connectivity index (χ0) is 16.8. The van der Waals surface area contributed by atoms with E-state index in [1.165, 1.54) is 9.88 Å². The second kappa shape index (κ2) is 10.4. The minimum absolute atomic E-state index is 0. The summed E-state index contributed by atoms with van der Waals surface area (Å²) >= 11 is 3.58. The Morgan fingerprint density at radius 1 is 1.28 bits per heavy atom. The summed E-state index contributed by atoms with van der Waals surface area (Å²) in [6, 6.07) is 4.35. The van der Waals surface area contributed by atoms with Gasteiger partial charge < -0.3 is 10.2 Å². The van der Waals surface area contributed by atoms with Gasteiger partial charge in [-0.15, -0.1) is 46.7 Å². The number of aryl methyl sites for hydroxylation is 1. The first-order chi connectivity index (χ1) is 11.8. The van der Waals surface area contributed by atoms with Crippen LogP contribution >= 0.6 is 46.7 Å². The van der Waals surface area contributed by atoms with Gasteiger partial charge in [-0.2, -0.15) is 0 Å². The van der Waals surface area contributed by atoms with E-state index in [9.17, 15) is 0 Å². The van der Waals surface area contributed by atoms with Crippen LogP contribution in [0.3, 0.4) is 0 Å². The summed E-state index contributed by atoms with van der Waals surface area (Å²) in [5, 5.41) is 8.94. The van der Waals surface area contributed by atoms with Crippen molar-refractivity contribution >= 4 is 52.6 Å². The molecule has 2 aromatic heterocycles. The number of nitrogens with one attached hydrogen (secondary N) is 1. The van der Waals surface area contributed by atoms with Crippen LogP contribution in [0, 0.1) is 0 Å². The maximum atomic E-state index is 4.61. The SMILES string of the molecule is CCc1nc(CNC(=NC)N2CCN(Cc3cccs3)CC2)cs1.I. The Labute approximate surface area is 175 Å². The normalized spacial score (nSPS) is 15.9. The van der Waals surface area contributed by atoms with Gasteiger partial charge in [-0.1, -0.05) is 13.0 Å². The topological polar surface area (TPSA) is 43.8 Å². The van der Waals surface area contributed by atoms with Gasteiger partial charge in [0.05, 0.1) is 17.2 Å². The highest BCUT2D eigenvalue weighted by molar-refractivity contribution is 14.0. The van der Waals surface area contributed by atoms with E-state index < -0.39 is 0 Å². The number of halogens is 1. The number of piperazine rings is 1. The van der Waals surface area contributed by atoms with Gasteiger partial charge in [0.1, 0.15) is 0 Å². The predicted octanol–water partition coefficient (Wildman–Crippen LogP) is 3.28. The van der Waals surface area contributed by atoms with Crippen molar-refractivity contribution in [1.82, 2.24) is 20.1 Å². The van der Waals surface area contributed by atoms with E-state index in [0.717, 1.165) is 57.3 Å². The molecule has 0 aromatic carbocycles. The molecule has 3 rings (SSSR count). The minimum Gasteiger partial charge on any atom is -0.351 e. The van der Waals surface area contributed by atoms with Crippen LogP contribution in [0.25, 0.3) is 0 Å². The minimum atomic E-state index is 0.